The normalized spacial score (nSPS) is 21.1. The number of Topliss-reactive ketones (excluding diaryl/α,β-unsaturated/α-hetero) is 2. The first-order chi connectivity index (χ1) is 20.1. The fourth-order valence-electron chi connectivity index (χ4n) is 4.95. The number of ketones is 2. The summed E-state index contributed by atoms with van der Waals surface area (Å²) in [5, 5.41) is 9.59. The molecule has 19 heteroatoms. The Morgan fingerprint density at radius 1 is 0.711 bits per heavy atom. The molecule has 1 N–H and O–H groups in total. The molecule has 3 aliphatic heterocycles. The highest BCUT2D eigenvalue weighted by molar-refractivity contribution is 6.33. The number of carbonyl (C=O) groups is 2. The molecule has 3 saturated heterocycles. The van der Waals surface area contributed by atoms with Crippen LogP contribution in [0.4, 0.5) is 34.8 Å². The van der Waals surface area contributed by atoms with Gasteiger partial charge in [-0.2, -0.15) is 4.65 Å². The average Bonchev–Trinajstić information content (AvgIpc) is 3.52. The number of methoxy groups -OCH3 is 2. The Balaban J connectivity index is 0.000000569. The van der Waals surface area contributed by atoms with Gasteiger partial charge in [0.2, 0.25) is 0 Å². The summed E-state index contributed by atoms with van der Waals surface area (Å²) in [4.78, 5) is 22.5. The minimum absolute atomic E-state index is 0. The van der Waals surface area contributed by atoms with Crippen molar-refractivity contribution in [3.05, 3.63) is 58.4 Å². The average molecular weight is 664 g/mol. The molecule has 0 aromatic heterocycles. The van der Waals surface area contributed by atoms with Crippen LogP contribution >= 0.6 is 0 Å². The molecular formula is C26H32B2F10N2O5. The van der Waals surface area contributed by atoms with Gasteiger partial charge in [-0.05, 0) is 46.6 Å². The number of ether oxygens (including phenoxy) is 2. The highest BCUT2D eigenvalue weighted by atomic mass is 19.4. The molecular weight excluding hydrogens is 632 g/mol. The summed E-state index contributed by atoms with van der Waals surface area (Å²) in [6, 6.07) is 9.01. The molecule has 0 amide bonds. The fraction of sp³-hybridized carbons (Fsp3) is 0.462. The Morgan fingerprint density at radius 3 is 1.64 bits per heavy atom. The maximum absolute atomic E-state index is 13.5. The lowest BCUT2D eigenvalue weighted by Crippen LogP contribution is -3.00. The van der Waals surface area contributed by atoms with Crippen LogP contribution in [-0.2, 0) is 12.8 Å². The van der Waals surface area contributed by atoms with Crippen LogP contribution in [0.2, 0.25) is 0 Å². The van der Waals surface area contributed by atoms with E-state index in [0.717, 1.165) is 28.9 Å². The molecule has 45 heavy (non-hydrogen) atoms. The lowest BCUT2D eigenvalue weighted by Gasteiger charge is -2.44. The monoisotopic (exact) mass is 664 g/mol. The number of hydroxylamine groups is 3. The van der Waals surface area contributed by atoms with Crippen molar-refractivity contribution in [3.8, 4) is 11.5 Å². The van der Waals surface area contributed by atoms with Crippen LogP contribution in [0, 0.1) is 5.82 Å². The van der Waals surface area contributed by atoms with Gasteiger partial charge in [0, 0.05) is 18.4 Å². The molecule has 7 rings (SSSR count). The maximum atomic E-state index is 13.5. The Kier molecular flexibility index (Phi) is 17.2. The van der Waals surface area contributed by atoms with E-state index in [-0.39, 0.29) is 41.6 Å². The number of piperazine rings is 3. The Hall–Kier alpha value is -3.31. The minimum Gasteiger partial charge on any atom is -1.00 e. The molecule has 2 aromatic rings. The van der Waals surface area contributed by atoms with E-state index in [2.05, 4.69) is 0 Å². The van der Waals surface area contributed by atoms with Gasteiger partial charge in [0.1, 0.15) is 5.75 Å². The summed E-state index contributed by atoms with van der Waals surface area (Å²) in [7, 11) is -4.33. The first-order valence-electron chi connectivity index (χ1n) is 13.2. The third kappa shape index (κ3) is 12.5. The lowest BCUT2D eigenvalue weighted by molar-refractivity contribution is -1.21. The number of rotatable bonds is 2. The van der Waals surface area contributed by atoms with Crippen molar-refractivity contribution in [3.63, 3.8) is 0 Å². The first-order valence-corrected chi connectivity index (χ1v) is 13.2. The van der Waals surface area contributed by atoms with Crippen molar-refractivity contribution < 1.29 is 77.8 Å². The maximum Gasteiger partial charge on any atom is 0.762 e. The van der Waals surface area contributed by atoms with Gasteiger partial charge in [-0.25, -0.2) is 9.60 Å². The zero-order chi connectivity index (χ0) is 32.4. The predicted octanol–water partition coefficient (Wildman–Crippen LogP) is -0.524. The molecule has 3 fully saturated rings. The van der Waals surface area contributed by atoms with Crippen LogP contribution in [0.5, 0.6) is 11.5 Å². The molecule has 5 aliphatic rings. The number of benzene rings is 2. The summed E-state index contributed by atoms with van der Waals surface area (Å²) in [5.74, 6) is 0.524. The van der Waals surface area contributed by atoms with E-state index in [1.54, 1.807) is 19.2 Å². The van der Waals surface area contributed by atoms with Crippen molar-refractivity contribution in [1.29, 1.82) is 0 Å². The van der Waals surface area contributed by atoms with Crippen molar-refractivity contribution in [2.75, 3.05) is 53.5 Å². The Morgan fingerprint density at radius 2 is 1.18 bits per heavy atom. The van der Waals surface area contributed by atoms with Gasteiger partial charge in [0.15, 0.2) is 62.4 Å². The van der Waals surface area contributed by atoms with Crippen LogP contribution in [0.15, 0.2) is 30.3 Å². The molecule has 252 valence electrons. The summed E-state index contributed by atoms with van der Waals surface area (Å²) >= 11 is 0. The van der Waals surface area contributed by atoms with E-state index in [4.69, 9.17) is 9.47 Å². The van der Waals surface area contributed by atoms with Gasteiger partial charge in [-0.1, -0.05) is 12.1 Å². The minimum atomic E-state index is -3.67. The van der Waals surface area contributed by atoms with E-state index in [9.17, 15) is 49.6 Å². The largest absolute Gasteiger partial charge is 1.00 e. The number of hydrogen-bond acceptors (Lipinski definition) is 5. The van der Waals surface area contributed by atoms with Crippen LogP contribution in [0.1, 0.15) is 44.7 Å². The number of quaternary nitrogens is 2. The first kappa shape index (κ1) is 41.7. The van der Waals surface area contributed by atoms with E-state index < -0.39 is 20.9 Å². The SMILES string of the molecule is COc1ccc2c(c1)C(=O)CC2.COc1ccc2c(c1F)C(=O)CC2.FB(F)F.FB(F)F.O[N+]12CC[N+](F)(CC1)CC2.[F-].[F-]. The molecule has 2 aromatic carbocycles. The zero-order valence-corrected chi connectivity index (χ0v) is 24.4. The van der Waals surface area contributed by atoms with Crippen LogP contribution in [-0.4, -0.2) is 94.7 Å². The molecule has 0 radical (unpaired) electrons. The third-order valence-electron chi connectivity index (χ3n) is 7.30. The summed E-state index contributed by atoms with van der Waals surface area (Å²) in [6.45, 7) is 3.27. The standard InChI is InChI=1S/C10H9FO2.C10H10O2.C6H13FN2O.2BF3.2FH/c1-13-8-5-3-6-2-4-7(12)9(6)10(8)11;1-12-8-4-2-7-3-5-10(11)9(7)6-8;7-8-1-4-9(10,5-2-8)6-3-8;2*2-1(3)4;;/h3,5H,2,4H2,1H3;2,4,6H,3,5H2,1H3;10H,1-6H2;;;2*1H/q;;+2;;;;/p-2. The summed E-state index contributed by atoms with van der Waals surface area (Å²) < 4.78 is 94.4. The van der Waals surface area contributed by atoms with Crippen LogP contribution in [0.3, 0.4) is 0 Å². The molecule has 2 bridgehead atoms. The van der Waals surface area contributed by atoms with Crippen LogP contribution < -0.4 is 18.9 Å². The summed E-state index contributed by atoms with van der Waals surface area (Å²) in [6.07, 6.45) is 2.61. The van der Waals surface area contributed by atoms with E-state index in [0.29, 0.717) is 58.5 Å². The molecule has 0 saturated carbocycles. The number of hydrogen-bond donors (Lipinski definition) is 1. The van der Waals surface area contributed by atoms with E-state index in [1.165, 1.54) is 7.11 Å². The van der Waals surface area contributed by atoms with Gasteiger partial charge in [0.25, 0.3) is 0 Å². The third-order valence-corrected chi connectivity index (χ3v) is 7.30. The summed E-state index contributed by atoms with van der Waals surface area (Å²) in [5.41, 5.74) is 3.01. The van der Waals surface area contributed by atoms with Gasteiger partial charge in [-0.3, -0.25) is 35.5 Å². The number of nitrogens with zero attached hydrogens (tertiary/aromatic N) is 2. The van der Waals surface area contributed by atoms with Gasteiger partial charge in [0.05, 0.1) is 19.8 Å². The Bertz CT molecular complexity index is 1210. The molecule has 0 unspecified atom stereocenters. The molecule has 3 heterocycles. The van der Waals surface area contributed by atoms with Gasteiger partial charge >= 0.3 is 15.1 Å². The zero-order valence-electron chi connectivity index (χ0n) is 24.4. The molecule has 0 atom stereocenters. The van der Waals surface area contributed by atoms with Crippen molar-refractivity contribution in [2.45, 2.75) is 25.7 Å². The van der Waals surface area contributed by atoms with E-state index >= 15 is 0 Å². The number of fused-ring (bicyclic) bond motifs is 5. The lowest BCUT2D eigenvalue weighted by atomic mass is 10.1. The smallest absolute Gasteiger partial charge is 0.762 e. The van der Waals surface area contributed by atoms with E-state index in [1.807, 2.05) is 18.2 Å². The number of halogens is 10. The second kappa shape index (κ2) is 18.6. The van der Waals surface area contributed by atoms with Crippen molar-refractivity contribution >= 4 is 26.7 Å². The van der Waals surface area contributed by atoms with Gasteiger partial charge < -0.3 is 18.9 Å². The second-order valence-electron chi connectivity index (χ2n) is 9.95. The molecule has 2 aliphatic carbocycles. The number of carbonyl (C=O) groups excluding carboxylic acids is 2. The highest BCUT2D eigenvalue weighted by Gasteiger charge is 2.50. The van der Waals surface area contributed by atoms with Crippen molar-refractivity contribution in [2.24, 2.45) is 0 Å². The van der Waals surface area contributed by atoms with Gasteiger partial charge in [-0.15, -0.1) is 4.71 Å². The fourth-order valence-corrected chi connectivity index (χ4v) is 4.95. The quantitative estimate of drug-likeness (QED) is 0.203. The Labute approximate surface area is 253 Å². The van der Waals surface area contributed by atoms with Crippen LogP contribution in [0.25, 0.3) is 0 Å². The highest BCUT2D eigenvalue weighted by Crippen LogP contribution is 2.30. The predicted molar refractivity (Wildman–Crippen MR) is 142 cm³/mol. The molecule has 7 nitrogen and oxygen atoms in total. The molecule has 0 spiro atoms. The van der Waals surface area contributed by atoms with Crippen molar-refractivity contribution in [1.82, 2.24) is 0 Å². The second-order valence-corrected chi connectivity index (χ2v) is 9.95. The topological polar surface area (TPSA) is 72.8 Å². The number of aryl methyl sites for hydroxylation is 2.